The van der Waals surface area contributed by atoms with Crippen LogP contribution in [0.1, 0.15) is 25.8 Å². The van der Waals surface area contributed by atoms with Crippen LogP contribution >= 0.6 is 0 Å². The SMILES string of the molecule is CCNC(Cc1cccc(OC)c1F)C(CC)OC. The first kappa shape index (κ1) is 15.9. The van der Waals surface area contributed by atoms with E-state index in [1.165, 1.54) is 7.11 Å². The number of rotatable bonds is 8. The average molecular weight is 269 g/mol. The maximum atomic E-state index is 14.2. The Balaban J connectivity index is 2.89. The molecule has 0 aliphatic carbocycles. The lowest BCUT2D eigenvalue weighted by molar-refractivity contribution is 0.0655. The maximum absolute atomic E-state index is 14.2. The van der Waals surface area contributed by atoms with Gasteiger partial charge in [-0.3, -0.25) is 0 Å². The van der Waals surface area contributed by atoms with Crippen molar-refractivity contribution in [2.24, 2.45) is 0 Å². The summed E-state index contributed by atoms with van der Waals surface area (Å²) < 4.78 is 24.6. The molecular weight excluding hydrogens is 245 g/mol. The second kappa shape index (κ2) is 8.12. The molecule has 2 unspecified atom stereocenters. The summed E-state index contributed by atoms with van der Waals surface area (Å²) in [5, 5.41) is 3.37. The number of halogens is 1. The molecule has 1 rings (SSSR count). The first-order chi connectivity index (χ1) is 9.17. The minimum absolute atomic E-state index is 0.0746. The zero-order valence-electron chi connectivity index (χ0n) is 12.2. The highest BCUT2D eigenvalue weighted by molar-refractivity contribution is 5.31. The molecule has 3 nitrogen and oxygen atoms in total. The largest absolute Gasteiger partial charge is 0.494 e. The molecule has 0 fully saturated rings. The van der Waals surface area contributed by atoms with Crippen LogP contribution in [0.15, 0.2) is 18.2 Å². The van der Waals surface area contributed by atoms with Crippen LogP contribution in [0.3, 0.4) is 0 Å². The number of likely N-dealkylation sites (N-methyl/N-ethyl adjacent to an activating group) is 1. The Kier molecular flexibility index (Phi) is 6.81. The van der Waals surface area contributed by atoms with E-state index in [1.807, 2.05) is 13.0 Å². The van der Waals surface area contributed by atoms with Crippen molar-refractivity contribution in [2.45, 2.75) is 38.8 Å². The van der Waals surface area contributed by atoms with E-state index in [9.17, 15) is 4.39 Å². The highest BCUT2D eigenvalue weighted by atomic mass is 19.1. The molecule has 0 heterocycles. The van der Waals surface area contributed by atoms with Crippen LogP contribution in [0.4, 0.5) is 4.39 Å². The Labute approximate surface area is 115 Å². The van der Waals surface area contributed by atoms with Gasteiger partial charge in [-0.25, -0.2) is 4.39 Å². The van der Waals surface area contributed by atoms with Gasteiger partial charge < -0.3 is 14.8 Å². The summed E-state index contributed by atoms with van der Waals surface area (Å²) in [6, 6.07) is 5.34. The lowest BCUT2D eigenvalue weighted by Crippen LogP contribution is -2.42. The zero-order valence-corrected chi connectivity index (χ0v) is 12.2. The first-order valence-corrected chi connectivity index (χ1v) is 6.75. The Bertz CT molecular complexity index is 380. The van der Waals surface area contributed by atoms with Crippen LogP contribution in [-0.2, 0) is 11.2 Å². The molecular formula is C15H24FNO2. The van der Waals surface area contributed by atoms with E-state index in [4.69, 9.17) is 9.47 Å². The van der Waals surface area contributed by atoms with Crippen molar-refractivity contribution in [3.63, 3.8) is 0 Å². The summed E-state index contributed by atoms with van der Waals surface area (Å²) >= 11 is 0. The van der Waals surface area contributed by atoms with Gasteiger partial charge in [-0.05, 0) is 31.0 Å². The molecule has 1 aromatic carbocycles. The number of ether oxygens (including phenoxy) is 2. The Morgan fingerprint density at radius 3 is 2.53 bits per heavy atom. The van der Waals surface area contributed by atoms with Crippen molar-refractivity contribution in [1.29, 1.82) is 0 Å². The van der Waals surface area contributed by atoms with Gasteiger partial charge in [0.25, 0.3) is 0 Å². The Morgan fingerprint density at radius 2 is 2.00 bits per heavy atom. The highest BCUT2D eigenvalue weighted by Gasteiger charge is 2.21. The normalized spacial score (nSPS) is 14.2. The highest BCUT2D eigenvalue weighted by Crippen LogP contribution is 2.22. The second-order valence-corrected chi connectivity index (χ2v) is 4.48. The van der Waals surface area contributed by atoms with Crippen molar-refractivity contribution in [1.82, 2.24) is 5.32 Å². The zero-order chi connectivity index (χ0) is 14.3. The summed E-state index contributed by atoms with van der Waals surface area (Å²) in [6.07, 6.45) is 1.55. The lowest BCUT2D eigenvalue weighted by atomic mass is 9.99. The predicted molar refractivity (Wildman–Crippen MR) is 75.2 cm³/mol. The van der Waals surface area contributed by atoms with Crippen molar-refractivity contribution >= 4 is 0 Å². The summed E-state index contributed by atoms with van der Waals surface area (Å²) in [5.41, 5.74) is 0.654. The summed E-state index contributed by atoms with van der Waals surface area (Å²) in [6.45, 7) is 4.94. The van der Waals surface area contributed by atoms with E-state index in [-0.39, 0.29) is 18.0 Å². The Hall–Kier alpha value is -1.13. The molecule has 0 aliphatic rings. The number of hydrogen-bond acceptors (Lipinski definition) is 3. The first-order valence-electron chi connectivity index (χ1n) is 6.75. The molecule has 0 amide bonds. The molecule has 0 aliphatic heterocycles. The van der Waals surface area contributed by atoms with Crippen LogP contribution in [0.5, 0.6) is 5.75 Å². The molecule has 2 atom stereocenters. The molecule has 19 heavy (non-hydrogen) atoms. The molecule has 0 bridgehead atoms. The molecule has 0 radical (unpaired) electrons. The van der Waals surface area contributed by atoms with Gasteiger partial charge in [0, 0.05) is 13.2 Å². The van der Waals surface area contributed by atoms with Crippen molar-refractivity contribution < 1.29 is 13.9 Å². The van der Waals surface area contributed by atoms with E-state index in [2.05, 4.69) is 12.2 Å². The summed E-state index contributed by atoms with van der Waals surface area (Å²) in [7, 11) is 3.18. The minimum atomic E-state index is -0.279. The molecule has 0 saturated carbocycles. The smallest absolute Gasteiger partial charge is 0.168 e. The van der Waals surface area contributed by atoms with E-state index in [1.54, 1.807) is 19.2 Å². The van der Waals surface area contributed by atoms with Gasteiger partial charge in [0.1, 0.15) is 0 Å². The van der Waals surface area contributed by atoms with Crippen LogP contribution in [0.2, 0.25) is 0 Å². The van der Waals surface area contributed by atoms with Crippen molar-refractivity contribution in [3.05, 3.63) is 29.6 Å². The van der Waals surface area contributed by atoms with Crippen molar-refractivity contribution in [2.75, 3.05) is 20.8 Å². The molecule has 0 aromatic heterocycles. The molecule has 4 heteroatoms. The van der Waals surface area contributed by atoms with E-state index >= 15 is 0 Å². The van der Waals surface area contributed by atoms with Crippen LogP contribution in [0.25, 0.3) is 0 Å². The topological polar surface area (TPSA) is 30.5 Å². The molecule has 0 saturated heterocycles. The number of nitrogens with one attached hydrogen (secondary N) is 1. The van der Waals surface area contributed by atoms with E-state index in [0.29, 0.717) is 17.7 Å². The third-order valence-electron chi connectivity index (χ3n) is 3.32. The monoisotopic (exact) mass is 269 g/mol. The van der Waals surface area contributed by atoms with Gasteiger partial charge in [-0.2, -0.15) is 0 Å². The van der Waals surface area contributed by atoms with Gasteiger partial charge in [0.2, 0.25) is 0 Å². The van der Waals surface area contributed by atoms with Crippen LogP contribution in [-0.4, -0.2) is 32.9 Å². The van der Waals surface area contributed by atoms with Gasteiger partial charge in [-0.1, -0.05) is 26.0 Å². The fourth-order valence-corrected chi connectivity index (χ4v) is 2.32. The summed E-state index contributed by atoms with van der Waals surface area (Å²) in [4.78, 5) is 0. The fourth-order valence-electron chi connectivity index (χ4n) is 2.32. The molecule has 1 aromatic rings. The minimum Gasteiger partial charge on any atom is -0.494 e. The van der Waals surface area contributed by atoms with Gasteiger partial charge in [0.05, 0.1) is 13.2 Å². The number of methoxy groups -OCH3 is 2. The van der Waals surface area contributed by atoms with E-state index < -0.39 is 0 Å². The van der Waals surface area contributed by atoms with Gasteiger partial charge >= 0.3 is 0 Å². The van der Waals surface area contributed by atoms with Crippen LogP contribution in [0, 0.1) is 5.82 Å². The summed E-state index contributed by atoms with van der Waals surface area (Å²) in [5.74, 6) is 0.0112. The quantitative estimate of drug-likeness (QED) is 0.787. The molecule has 0 spiro atoms. The van der Waals surface area contributed by atoms with Gasteiger partial charge in [-0.15, -0.1) is 0 Å². The second-order valence-electron chi connectivity index (χ2n) is 4.48. The number of benzene rings is 1. The Morgan fingerprint density at radius 1 is 1.26 bits per heavy atom. The van der Waals surface area contributed by atoms with Crippen molar-refractivity contribution in [3.8, 4) is 5.75 Å². The fraction of sp³-hybridized carbons (Fsp3) is 0.600. The number of hydrogen-bond donors (Lipinski definition) is 1. The van der Waals surface area contributed by atoms with Crippen LogP contribution < -0.4 is 10.1 Å². The predicted octanol–water partition coefficient (Wildman–Crippen LogP) is 2.78. The average Bonchev–Trinajstić information content (AvgIpc) is 2.42. The lowest BCUT2D eigenvalue weighted by Gasteiger charge is -2.26. The van der Waals surface area contributed by atoms with Gasteiger partial charge in [0.15, 0.2) is 11.6 Å². The standard InChI is InChI=1S/C15H24FNO2/c1-5-13(18-3)12(17-6-2)10-11-8-7-9-14(19-4)15(11)16/h7-9,12-13,17H,5-6,10H2,1-4H3. The third-order valence-corrected chi connectivity index (χ3v) is 3.32. The maximum Gasteiger partial charge on any atom is 0.168 e. The van der Waals surface area contributed by atoms with E-state index in [0.717, 1.165) is 13.0 Å². The molecule has 1 N–H and O–H groups in total. The molecule has 108 valence electrons. The third kappa shape index (κ3) is 4.18.